The van der Waals surface area contributed by atoms with Crippen molar-refractivity contribution in [3.05, 3.63) is 46.9 Å². The van der Waals surface area contributed by atoms with Crippen LogP contribution in [-0.4, -0.2) is 36.7 Å². The lowest BCUT2D eigenvalue weighted by Crippen LogP contribution is -2.27. The Kier molecular flexibility index (Phi) is 4.71. The average molecular weight is 391 g/mol. The monoisotopic (exact) mass is 390 g/mol. The maximum atomic E-state index is 11.8. The molecule has 0 bridgehead atoms. The van der Waals surface area contributed by atoms with Gasteiger partial charge in [-0.05, 0) is 6.07 Å². The van der Waals surface area contributed by atoms with Gasteiger partial charge in [-0.2, -0.15) is 5.26 Å². The van der Waals surface area contributed by atoms with Gasteiger partial charge >= 0.3 is 0 Å². The van der Waals surface area contributed by atoms with Gasteiger partial charge in [0.25, 0.3) is 0 Å². The third kappa shape index (κ3) is 3.29. The highest BCUT2D eigenvalue weighted by molar-refractivity contribution is 7.92. The van der Waals surface area contributed by atoms with E-state index in [9.17, 15) is 13.7 Å². The summed E-state index contributed by atoms with van der Waals surface area (Å²) in [5, 5.41) is 13.6. The molecule has 0 aliphatic rings. The molecule has 0 amide bonds. The van der Waals surface area contributed by atoms with Crippen molar-refractivity contribution < 1.29 is 8.42 Å². The summed E-state index contributed by atoms with van der Waals surface area (Å²) in [5.41, 5.74) is 2.07. The van der Waals surface area contributed by atoms with Crippen LogP contribution in [0.5, 0.6) is 0 Å². The number of pyridine rings is 2. The molecule has 0 saturated carbocycles. The molecule has 0 unspecified atom stereocenters. The highest BCUT2D eigenvalue weighted by atomic mass is 35.5. The van der Waals surface area contributed by atoms with Gasteiger partial charge in [-0.25, -0.2) is 18.4 Å². The fraction of sp³-hybridized carbons (Fsp3) is 0.188. The fourth-order valence-electron chi connectivity index (χ4n) is 2.52. The Morgan fingerprint density at radius 2 is 2.19 bits per heavy atom. The molecule has 0 spiro atoms. The van der Waals surface area contributed by atoms with Gasteiger partial charge in [0.2, 0.25) is 10.0 Å². The molecular weight excluding hydrogens is 376 g/mol. The van der Waals surface area contributed by atoms with E-state index in [1.807, 2.05) is 0 Å². The van der Waals surface area contributed by atoms with Crippen LogP contribution in [0, 0.1) is 11.3 Å². The molecule has 134 valence electrons. The van der Waals surface area contributed by atoms with Crippen molar-refractivity contribution in [1.29, 1.82) is 5.26 Å². The van der Waals surface area contributed by atoms with E-state index < -0.39 is 10.0 Å². The van der Waals surface area contributed by atoms with Crippen molar-refractivity contribution in [3.63, 3.8) is 0 Å². The number of aromatic nitrogens is 3. The van der Waals surface area contributed by atoms with E-state index in [0.29, 0.717) is 38.7 Å². The Morgan fingerprint density at radius 3 is 2.88 bits per heavy atom. The van der Waals surface area contributed by atoms with E-state index in [4.69, 9.17) is 11.6 Å². The first-order chi connectivity index (χ1) is 12.3. The molecule has 2 N–H and O–H groups in total. The molecular formula is C16H15ClN6O2S. The van der Waals surface area contributed by atoms with Crippen LogP contribution in [0.3, 0.4) is 0 Å². The van der Waals surface area contributed by atoms with E-state index in [1.54, 1.807) is 18.3 Å². The van der Waals surface area contributed by atoms with Gasteiger partial charge in [0, 0.05) is 37.7 Å². The summed E-state index contributed by atoms with van der Waals surface area (Å²) >= 11 is 6.21. The number of halogens is 1. The standard InChI is InChI=1S/C16H15ClN6O2S/c1-23(26(2,24)25)16-10(4-3-5-19-16)7-20-14-11(6-18)8-21-15-13(14)12(17)9-22-15/h3-5,8-9H,7H2,1-2H3,(H2,20,21,22). The molecule has 0 atom stereocenters. The van der Waals surface area contributed by atoms with Crippen LogP contribution in [-0.2, 0) is 16.6 Å². The molecule has 0 aromatic carbocycles. The minimum absolute atomic E-state index is 0.248. The second-order valence-electron chi connectivity index (χ2n) is 5.59. The predicted molar refractivity (Wildman–Crippen MR) is 101 cm³/mol. The van der Waals surface area contributed by atoms with Crippen molar-refractivity contribution in [2.75, 3.05) is 22.9 Å². The molecule has 3 rings (SSSR count). The minimum atomic E-state index is -3.45. The second kappa shape index (κ2) is 6.82. The number of rotatable bonds is 5. The molecule has 3 aromatic rings. The molecule has 0 radical (unpaired) electrons. The molecule has 0 aliphatic carbocycles. The lowest BCUT2D eigenvalue weighted by molar-refractivity contribution is 0.599. The Bertz CT molecular complexity index is 1120. The van der Waals surface area contributed by atoms with E-state index in [2.05, 4.69) is 26.3 Å². The van der Waals surface area contributed by atoms with Crippen LogP contribution in [0.15, 0.2) is 30.7 Å². The topological polar surface area (TPSA) is 115 Å². The van der Waals surface area contributed by atoms with Crippen LogP contribution in [0.4, 0.5) is 11.5 Å². The van der Waals surface area contributed by atoms with Gasteiger partial charge in [0.15, 0.2) is 0 Å². The number of H-pyrrole nitrogens is 1. The third-order valence-electron chi connectivity index (χ3n) is 3.89. The molecule has 8 nitrogen and oxygen atoms in total. The summed E-state index contributed by atoms with van der Waals surface area (Å²) in [6.45, 7) is 0.248. The van der Waals surface area contributed by atoms with Crippen molar-refractivity contribution in [3.8, 4) is 6.07 Å². The van der Waals surface area contributed by atoms with Crippen LogP contribution in [0.25, 0.3) is 11.0 Å². The van der Waals surface area contributed by atoms with E-state index in [0.717, 1.165) is 10.6 Å². The highest BCUT2D eigenvalue weighted by Gasteiger charge is 2.18. The molecule has 0 fully saturated rings. The van der Waals surface area contributed by atoms with Crippen molar-refractivity contribution in [1.82, 2.24) is 15.0 Å². The summed E-state index contributed by atoms with van der Waals surface area (Å²) in [4.78, 5) is 11.3. The molecule has 0 saturated heterocycles. The van der Waals surface area contributed by atoms with Crippen LogP contribution in [0.2, 0.25) is 5.02 Å². The zero-order chi connectivity index (χ0) is 18.9. The van der Waals surface area contributed by atoms with Gasteiger partial charge in [-0.15, -0.1) is 0 Å². The average Bonchev–Trinajstić information content (AvgIpc) is 3.00. The number of nitriles is 1. The normalized spacial score (nSPS) is 11.3. The summed E-state index contributed by atoms with van der Waals surface area (Å²) in [6.07, 6.45) is 5.68. The highest BCUT2D eigenvalue weighted by Crippen LogP contribution is 2.32. The number of hydrogen-bond donors (Lipinski definition) is 2. The Hall–Kier alpha value is -2.83. The van der Waals surface area contributed by atoms with Crippen LogP contribution < -0.4 is 9.62 Å². The number of aromatic amines is 1. The van der Waals surface area contributed by atoms with Crippen molar-refractivity contribution in [2.24, 2.45) is 0 Å². The molecule has 3 aromatic heterocycles. The van der Waals surface area contributed by atoms with Crippen molar-refractivity contribution >= 4 is 44.2 Å². The summed E-state index contributed by atoms with van der Waals surface area (Å²) in [5.74, 6) is 0.312. The fourth-order valence-corrected chi connectivity index (χ4v) is 3.24. The SMILES string of the molecule is CN(c1ncccc1CNc1c(C#N)cnc2[nH]cc(Cl)c12)S(C)(=O)=O. The van der Waals surface area contributed by atoms with Gasteiger partial charge in [-0.1, -0.05) is 17.7 Å². The number of nitrogens with zero attached hydrogens (tertiary/aromatic N) is 4. The maximum absolute atomic E-state index is 11.8. The summed E-state index contributed by atoms with van der Waals surface area (Å²) < 4.78 is 24.8. The van der Waals surface area contributed by atoms with Gasteiger partial charge in [0.1, 0.15) is 17.5 Å². The Labute approximate surface area is 155 Å². The Morgan fingerprint density at radius 1 is 1.42 bits per heavy atom. The summed E-state index contributed by atoms with van der Waals surface area (Å²) in [6, 6.07) is 5.56. The first-order valence-electron chi connectivity index (χ1n) is 7.50. The van der Waals surface area contributed by atoms with E-state index in [1.165, 1.54) is 19.4 Å². The van der Waals surface area contributed by atoms with Gasteiger partial charge < -0.3 is 10.3 Å². The molecule has 0 aliphatic heterocycles. The largest absolute Gasteiger partial charge is 0.379 e. The van der Waals surface area contributed by atoms with E-state index >= 15 is 0 Å². The molecule has 3 heterocycles. The molecule has 26 heavy (non-hydrogen) atoms. The number of fused-ring (bicyclic) bond motifs is 1. The minimum Gasteiger partial charge on any atom is -0.379 e. The first kappa shape index (κ1) is 18.0. The third-order valence-corrected chi connectivity index (χ3v) is 5.36. The first-order valence-corrected chi connectivity index (χ1v) is 9.73. The quantitative estimate of drug-likeness (QED) is 0.691. The van der Waals surface area contributed by atoms with Crippen molar-refractivity contribution in [2.45, 2.75) is 6.54 Å². The zero-order valence-electron chi connectivity index (χ0n) is 14.0. The lowest BCUT2D eigenvalue weighted by Gasteiger charge is -2.19. The maximum Gasteiger partial charge on any atom is 0.233 e. The number of nitrogens with one attached hydrogen (secondary N) is 2. The summed E-state index contributed by atoms with van der Waals surface area (Å²) in [7, 11) is -2.01. The molecule has 10 heteroatoms. The Balaban J connectivity index is 2.00. The van der Waals surface area contributed by atoms with Crippen LogP contribution in [0.1, 0.15) is 11.1 Å². The van der Waals surface area contributed by atoms with Gasteiger partial charge in [0.05, 0.1) is 27.9 Å². The van der Waals surface area contributed by atoms with E-state index in [-0.39, 0.29) is 6.54 Å². The predicted octanol–water partition coefficient (Wildman–Crippen LogP) is 2.49. The number of hydrogen-bond acceptors (Lipinski definition) is 6. The van der Waals surface area contributed by atoms with Gasteiger partial charge in [-0.3, -0.25) is 4.31 Å². The smallest absolute Gasteiger partial charge is 0.233 e. The number of sulfonamides is 1. The number of anilines is 2. The second-order valence-corrected chi connectivity index (χ2v) is 8.01. The lowest BCUT2D eigenvalue weighted by atomic mass is 10.1. The van der Waals surface area contributed by atoms with Crippen LogP contribution >= 0.6 is 11.6 Å². The zero-order valence-corrected chi connectivity index (χ0v) is 15.6.